The van der Waals surface area contributed by atoms with Crippen LogP contribution < -0.4 is 5.43 Å². The molecule has 1 saturated heterocycles. The van der Waals surface area contributed by atoms with Crippen molar-refractivity contribution in [3.8, 4) is 0 Å². The summed E-state index contributed by atoms with van der Waals surface area (Å²) >= 11 is 0. The first kappa shape index (κ1) is 5.23. The van der Waals surface area contributed by atoms with Crippen LogP contribution in [0.15, 0.2) is 4.99 Å². The molecular formula is C6H11N3. The average molecular weight is 125 g/mol. The molecule has 9 heavy (non-hydrogen) atoms. The maximum atomic E-state index is 4.37. The molecule has 0 aliphatic carbocycles. The molecule has 0 aromatic carbocycles. The van der Waals surface area contributed by atoms with Crippen LogP contribution in [0.2, 0.25) is 0 Å². The molecule has 0 radical (unpaired) electrons. The van der Waals surface area contributed by atoms with Gasteiger partial charge in [0.15, 0.2) is 0 Å². The normalized spacial score (nSPS) is 25.8. The number of fused-ring (bicyclic) bond motifs is 1. The van der Waals surface area contributed by atoms with Crippen molar-refractivity contribution < 1.29 is 0 Å². The Morgan fingerprint density at radius 1 is 1.56 bits per heavy atom. The van der Waals surface area contributed by atoms with Gasteiger partial charge in [-0.3, -0.25) is 10.0 Å². The van der Waals surface area contributed by atoms with Gasteiger partial charge in [0.25, 0.3) is 0 Å². The van der Waals surface area contributed by atoms with Gasteiger partial charge in [-0.2, -0.15) is 0 Å². The molecule has 2 heterocycles. The van der Waals surface area contributed by atoms with Crippen molar-refractivity contribution >= 4 is 5.84 Å². The maximum Gasteiger partial charge on any atom is 0.114 e. The third-order valence-electron chi connectivity index (χ3n) is 1.80. The summed E-state index contributed by atoms with van der Waals surface area (Å²) in [5.74, 6) is 1.27. The van der Waals surface area contributed by atoms with Gasteiger partial charge < -0.3 is 0 Å². The lowest BCUT2D eigenvalue weighted by Crippen LogP contribution is -2.37. The van der Waals surface area contributed by atoms with Crippen molar-refractivity contribution in [1.82, 2.24) is 10.4 Å². The summed E-state index contributed by atoms with van der Waals surface area (Å²) in [6.07, 6.45) is 2.33. The molecule has 0 unspecified atom stereocenters. The SMILES string of the molecule is C1CN=C2CCNN2C1. The van der Waals surface area contributed by atoms with Gasteiger partial charge in [-0.05, 0) is 6.42 Å². The zero-order valence-corrected chi connectivity index (χ0v) is 5.43. The van der Waals surface area contributed by atoms with E-state index in [1.165, 1.54) is 12.3 Å². The monoisotopic (exact) mass is 125 g/mol. The minimum Gasteiger partial charge on any atom is -0.296 e. The molecule has 0 saturated carbocycles. The Labute approximate surface area is 54.7 Å². The van der Waals surface area contributed by atoms with E-state index in [9.17, 15) is 0 Å². The Bertz CT molecular complexity index is 141. The van der Waals surface area contributed by atoms with E-state index in [0.29, 0.717) is 0 Å². The molecule has 1 fully saturated rings. The van der Waals surface area contributed by atoms with Gasteiger partial charge in [0, 0.05) is 26.1 Å². The van der Waals surface area contributed by atoms with Gasteiger partial charge in [0.05, 0.1) is 0 Å². The zero-order valence-electron chi connectivity index (χ0n) is 5.43. The van der Waals surface area contributed by atoms with Gasteiger partial charge in [0.2, 0.25) is 0 Å². The van der Waals surface area contributed by atoms with Crippen LogP contribution in [0.4, 0.5) is 0 Å². The number of hydrogen-bond acceptors (Lipinski definition) is 3. The van der Waals surface area contributed by atoms with E-state index in [-0.39, 0.29) is 0 Å². The van der Waals surface area contributed by atoms with Crippen LogP contribution in [0.5, 0.6) is 0 Å². The van der Waals surface area contributed by atoms with Gasteiger partial charge in [-0.1, -0.05) is 0 Å². The van der Waals surface area contributed by atoms with Gasteiger partial charge in [-0.15, -0.1) is 0 Å². The average Bonchev–Trinajstić information content (AvgIpc) is 2.33. The second-order valence-electron chi connectivity index (χ2n) is 2.46. The van der Waals surface area contributed by atoms with E-state index in [1.807, 2.05) is 0 Å². The highest BCUT2D eigenvalue weighted by molar-refractivity contribution is 5.84. The molecule has 0 spiro atoms. The summed E-state index contributed by atoms with van der Waals surface area (Å²) in [6, 6.07) is 0. The molecule has 3 heteroatoms. The molecule has 1 N–H and O–H groups in total. The fraction of sp³-hybridized carbons (Fsp3) is 0.833. The minimum absolute atomic E-state index is 1.04. The molecule has 0 aromatic rings. The van der Waals surface area contributed by atoms with Crippen molar-refractivity contribution in [3.63, 3.8) is 0 Å². The van der Waals surface area contributed by atoms with Crippen LogP contribution in [-0.2, 0) is 0 Å². The minimum atomic E-state index is 1.04. The zero-order chi connectivity index (χ0) is 6.10. The highest BCUT2D eigenvalue weighted by Crippen LogP contribution is 2.07. The van der Waals surface area contributed by atoms with Gasteiger partial charge in [-0.25, -0.2) is 5.43 Å². The Hall–Kier alpha value is -0.570. The highest BCUT2D eigenvalue weighted by Gasteiger charge is 2.19. The first-order valence-electron chi connectivity index (χ1n) is 3.51. The Kier molecular flexibility index (Phi) is 1.16. The van der Waals surface area contributed by atoms with E-state index >= 15 is 0 Å². The summed E-state index contributed by atoms with van der Waals surface area (Å²) in [5.41, 5.74) is 3.26. The third-order valence-corrected chi connectivity index (χ3v) is 1.80. The van der Waals surface area contributed by atoms with E-state index in [2.05, 4.69) is 15.4 Å². The molecule has 2 rings (SSSR count). The van der Waals surface area contributed by atoms with Crippen LogP contribution in [-0.4, -0.2) is 30.5 Å². The Balaban J connectivity index is 2.16. The molecule has 0 atom stereocenters. The molecule has 0 aromatic heterocycles. The predicted octanol–water partition coefficient (Wildman–Crippen LogP) is -0.00110. The summed E-state index contributed by atoms with van der Waals surface area (Å²) in [5, 5.41) is 2.17. The number of hydrazine groups is 1. The van der Waals surface area contributed by atoms with Crippen LogP contribution >= 0.6 is 0 Å². The topological polar surface area (TPSA) is 27.6 Å². The number of nitrogens with one attached hydrogen (secondary N) is 1. The molecule has 50 valence electrons. The predicted molar refractivity (Wildman–Crippen MR) is 36.2 cm³/mol. The molecule has 0 amide bonds. The molecule has 0 bridgehead atoms. The van der Waals surface area contributed by atoms with Crippen LogP contribution in [0, 0.1) is 0 Å². The van der Waals surface area contributed by atoms with Crippen LogP contribution in [0.3, 0.4) is 0 Å². The largest absolute Gasteiger partial charge is 0.296 e. The molecule has 2 aliphatic heterocycles. The van der Waals surface area contributed by atoms with Crippen molar-refractivity contribution in [2.45, 2.75) is 12.8 Å². The molecule has 2 aliphatic rings. The quantitative estimate of drug-likeness (QED) is 0.493. The molecular weight excluding hydrogens is 114 g/mol. The van der Waals surface area contributed by atoms with Gasteiger partial charge in [0.1, 0.15) is 5.84 Å². The summed E-state index contributed by atoms with van der Waals surface area (Å²) in [7, 11) is 0. The smallest absolute Gasteiger partial charge is 0.114 e. The Morgan fingerprint density at radius 2 is 2.56 bits per heavy atom. The Morgan fingerprint density at radius 3 is 3.44 bits per heavy atom. The third kappa shape index (κ3) is 0.812. The lowest BCUT2D eigenvalue weighted by atomic mass is 10.3. The number of hydrogen-bond donors (Lipinski definition) is 1. The van der Waals surface area contributed by atoms with E-state index in [1.54, 1.807) is 0 Å². The van der Waals surface area contributed by atoms with Crippen LogP contribution in [0.1, 0.15) is 12.8 Å². The summed E-state index contributed by atoms with van der Waals surface area (Å²) < 4.78 is 0. The van der Waals surface area contributed by atoms with E-state index in [0.717, 1.165) is 26.1 Å². The first-order chi connectivity index (χ1) is 4.47. The lowest BCUT2D eigenvalue weighted by molar-refractivity contribution is 0.332. The van der Waals surface area contributed by atoms with Crippen LogP contribution in [0.25, 0.3) is 0 Å². The summed E-state index contributed by atoms with van der Waals surface area (Å²) in [4.78, 5) is 4.37. The van der Waals surface area contributed by atoms with Crippen molar-refractivity contribution in [3.05, 3.63) is 0 Å². The summed E-state index contributed by atoms with van der Waals surface area (Å²) in [6.45, 7) is 3.27. The fourth-order valence-electron chi connectivity index (χ4n) is 1.34. The first-order valence-corrected chi connectivity index (χ1v) is 3.51. The molecule has 3 nitrogen and oxygen atoms in total. The lowest BCUT2D eigenvalue weighted by Gasteiger charge is -2.21. The van der Waals surface area contributed by atoms with E-state index < -0.39 is 0 Å². The number of aliphatic imine (C=N–C) groups is 1. The fourth-order valence-corrected chi connectivity index (χ4v) is 1.34. The number of amidine groups is 1. The highest BCUT2D eigenvalue weighted by atomic mass is 15.5. The standard InChI is InChI=1S/C6H11N3/c1-3-7-6-2-4-8-9(6)5-1/h8H,1-5H2. The van der Waals surface area contributed by atoms with Gasteiger partial charge >= 0.3 is 0 Å². The maximum absolute atomic E-state index is 4.37. The van der Waals surface area contributed by atoms with Crippen molar-refractivity contribution in [2.75, 3.05) is 19.6 Å². The van der Waals surface area contributed by atoms with E-state index in [4.69, 9.17) is 0 Å². The second kappa shape index (κ2) is 1.99. The number of nitrogens with zero attached hydrogens (tertiary/aromatic N) is 2. The second-order valence-corrected chi connectivity index (χ2v) is 2.46. The number of rotatable bonds is 0. The van der Waals surface area contributed by atoms with Crippen molar-refractivity contribution in [2.24, 2.45) is 4.99 Å². The van der Waals surface area contributed by atoms with Crippen molar-refractivity contribution in [1.29, 1.82) is 0 Å².